The Hall–Kier alpha value is -1.52. The van der Waals surface area contributed by atoms with Gasteiger partial charge in [-0.3, -0.25) is 4.68 Å². The summed E-state index contributed by atoms with van der Waals surface area (Å²) in [5.41, 5.74) is 6.62. The normalized spacial score (nSPS) is 10.6. The van der Waals surface area contributed by atoms with Gasteiger partial charge >= 0.3 is 0 Å². The van der Waals surface area contributed by atoms with Crippen molar-refractivity contribution in [1.82, 2.24) is 9.78 Å². The Morgan fingerprint density at radius 1 is 1.33 bits per heavy atom. The molecule has 0 aliphatic heterocycles. The molecule has 0 saturated heterocycles. The van der Waals surface area contributed by atoms with Gasteiger partial charge in [0.2, 0.25) is 0 Å². The molecule has 0 radical (unpaired) electrons. The standard InChI is InChI=1S/C13H16ClN3O/c14-12-4-1-3-11(5-6-15)13(12)18-10-9-17-8-2-7-16-17/h1-4,7-8H,5-6,9-10,15H2. The van der Waals surface area contributed by atoms with Gasteiger partial charge < -0.3 is 10.5 Å². The molecule has 2 rings (SSSR count). The number of ether oxygens (including phenoxy) is 1. The average molecular weight is 266 g/mol. The third-order valence-corrected chi connectivity index (χ3v) is 2.89. The van der Waals surface area contributed by atoms with Crippen molar-refractivity contribution in [2.45, 2.75) is 13.0 Å². The molecule has 2 N–H and O–H groups in total. The number of halogens is 1. The van der Waals surface area contributed by atoms with E-state index in [0.29, 0.717) is 24.7 Å². The maximum atomic E-state index is 6.14. The van der Waals surface area contributed by atoms with Crippen LogP contribution < -0.4 is 10.5 Å². The number of hydrogen-bond donors (Lipinski definition) is 1. The first-order valence-electron chi connectivity index (χ1n) is 5.89. The lowest BCUT2D eigenvalue weighted by atomic mass is 10.1. The Kier molecular flexibility index (Phi) is 4.61. The van der Waals surface area contributed by atoms with E-state index >= 15 is 0 Å². The summed E-state index contributed by atoms with van der Waals surface area (Å²) < 4.78 is 7.56. The number of benzene rings is 1. The molecule has 0 fully saturated rings. The monoisotopic (exact) mass is 265 g/mol. The maximum Gasteiger partial charge on any atom is 0.141 e. The predicted molar refractivity (Wildman–Crippen MR) is 71.9 cm³/mol. The predicted octanol–water partition coefficient (Wildman–Crippen LogP) is 2.12. The Labute approximate surface area is 111 Å². The van der Waals surface area contributed by atoms with Crippen LogP contribution in [0.25, 0.3) is 0 Å². The highest BCUT2D eigenvalue weighted by Gasteiger charge is 2.07. The molecular formula is C13H16ClN3O. The fourth-order valence-electron chi connectivity index (χ4n) is 1.74. The maximum absolute atomic E-state index is 6.14. The second-order valence-corrected chi connectivity index (χ2v) is 4.29. The fraction of sp³-hybridized carbons (Fsp3) is 0.308. The van der Waals surface area contributed by atoms with Gasteiger partial charge in [0, 0.05) is 12.4 Å². The summed E-state index contributed by atoms with van der Waals surface area (Å²) in [6, 6.07) is 7.61. The summed E-state index contributed by atoms with van der Waals surface area (Å²) in [6.45, 7) is 1.80. The summed E-state index contributed by atoms with van der Waals surface area (Å²) >= 11 is 6.14. The van der Waals surface area contributed by atoms with Crippen molar-refractivity contribution in [3.05, 3.63) is 47.2 Å². The molecule has 1 aromatic heterocycles. The molecule has 0 saturated carbocycles. The Morgan fingerprint density at radius 2 is 2.22 bits per heavy atom. The molecule has 0 spiro atoms. The number of nitrogens with two attached hydrogens (primary N) is 1. The summed E-state index contributed by atoms with van der Waals surface area (Å²) in [5.74, 6) is 0.733. The molecule has 5 heteroatoms. The fourth-order valence-corrected chi connectivity index (χ4v) is 1.99. The van der Waals surface area contributed by atoms with E-state index in [0.717, 1.165) is 17.7 Å². The van der Waals surface area contributed by atoms with Gasteiger partial charge in [0.15, 0.2) is 0 Å². The smallest absolute Gasteiger partial charge is 0.141 e. The lowest BCUT2D eigenvalue weighted by Crippen LogP contribution is -2.11. The number of nitrogens with zero attached hydrogens (tertiary/aromatic N) is 2. The van der Waals surface area contributed by atoms with Crippen LogP contribution in [0.5, 0.6) is 5.75 Å². The van der Waals surface area contributed by atoms with Crippen molar-refractivity contribution < 1.29 is 4.74 Å². The molecule has 0 aliphatic rings. The number of hydrogen-bond acceptors (Lipinski definition) is 3. The third kappa shape index (κ3) is 3.24. The Balaban J connectivity index is 1.99. The van der Waals surface area contributed by atoms with Gasteiger partial charge in [-0.2, -0.15) is 5.10 Å². The van der Waals surface area contributed by atoms with Gasteiger partial charge in [0.05, 0.1) is 11.6 Å². The van der Waals surface area contributed by atoms with Crippen molar-refractivity contribution in [3.8, 4) is 5.75 Å². The molecule has 0 atom stereocenters. The molecule has 0 aliphatic carbocycles. The van der Waals surface area contributed by atoms with Crippen LogP contribution in [-0.2, 0) is 13.0 Å². The van der Waals surface area contributed by atoms with Crippen molar-refractivity contribution >= 4 is 11.6 Å². The molecule has 0 bridgehead atoms. The topological polar surface area (TPSA) is 53.1 Å². The van der Waals surface area contributed by atoms with Crippen LogP contribution in [0.15, 0.2) is 36.7 Å². The molecule has 1 heterocycles. The van der Waals surface area contributed by atoms with Gasteiger partial charge in [-0.1, -0.05) is 23.7 Å². The van der Waals surface area contributed by atoms with Gasteiger partial charge in [0.1, 0.15) is 12.4 Å². The van der Waals surface area contributed by atoms with Gasteiger partial charge in [-0.15, -0.1) is 0 Å². The number of aromatic nitrogens is 2. The molecule has 2 aromatic rings. The SMILES string of the molecule is NCCc1cccc(Cl)c1OCCn1cccn1. The average Bonchev–Trinajstić information content (AvgIpc) is 2.86. The highest BCUT2D eigenvalue weighted by molar-refractivity contribution is 6.32. The summed E-state index contributed by atoms with van der Waals surface area (Å²) in [7, 11) is 0. The van der Waals surface area contributed by atoms with Gasteiger partial charge in [0.25, 0.3) is 0 Å². The van der Waals surface area contributed by atoms with Crippen molar-refractivity contribution in [1.29, 1.82) is 0 Å². The highest BCUT2D eigenvalue weighted by Crippen LogP contribution is 2.28. The zero-order valence-electron chi connectivity index (χ0n) is 10.1. The van der Waals surface area contributed by atoms with Crippen LogP contribution >= 0.6 is 11.6 Å². The summed E-state index contributed by atoms with van der Waals surface area (Å²) in [5, 5.41) is 4.74. The van der Waals surface area contributed by atoms with E-state index in [1.54, 1.807) is 6.20 Å². The molecule has 0 unspecified atom stereocenters. The molecule has 4 nitrogen and oxygen atoms in total. The van der Waals surface area contributed by atoms with Gasteiger partial charge in [-0.05, 0) is 30.7 Å². The first-order chi connectivity index (χ1) is 8.81. The molecular weight excluding hydrogens is 250 g/mol. The van der Waals surface area contributed by atoms with Crippen LogP contribution in [0.2, 0.25) is 5.02 Å². The minimum Gasteiger partial charge on any atom is -0.490 e. The highest BCUT2D eigenvalue weighted by atomic mass is 35.5. The van der Waals surface area contributed by atoms with E-state index in [9.17, 15) is 0 Å². The third-order valence-electron chi connectivity index (χ3n) is 2.59. The second-order valence-electron chi connectivity index (χ2n) is 3.88. The van der Waals surface area contributed by atoms with Gasteiger partial charge in [-0.25, -0.2) is 0 Å². The number of para-hydroxylation sites is 1. The zero-order chi connectivity index (χ0) is 12.8. The molecule has 96 valence electrons. The van der Waals surface area contributed by atoms with Crippen LogP contribution in [-0.4, -0.2) is 22.9 Å². The minimum atomic E-state index is 0.531. The van der Waals surface area contributed by atoms with E-state index in [1.807, 2.05) is 35.1 Å². The Bertz CT molecular complexity index is 485. The first-order valence-corrected chi connectivity index (χ1v) is 6.26. The summed E-state index contributed by atoms with van der Waals surface area (Å²) in [6.07, 6.45) is 4.41. The number of rotatable bonds is 6. The van der Waals surface area contributed by atoms with Crippen molar-refractivity contribution in [2.24, 2.45) is 5.73 Å². The second kappa shape index (κ2) is 6.42. The van der Waals surface area contributed by atoms with Crippen LogP contribution in [0.4, 0.5) is 0 Å². The molecule has 18 heavy (non-hydrogen) atoms. The molecule has 0 amide bonds. The van der Waals surface area contributed by atoms with Crippen molar-refractivity contribution in [2.75, 3.05) is 13.2 Å². The summed E-state index contributed by atoms with van der Waals surface area (Å²) in [4.78, 5) is 0. The van der Waals surface area contributed by atoms with E-state index in [1.165, 1.54) is 0 Å². The quantitative estimate of drug-likeness (QED) is 0.870. The van der Waals surface area contributed by atoms with Crippen LogP contribution in [0, 0.1) is 0 Å². The zero-order valence-corrected chi connectivity index (χ0v) is 10.8. The molecule has 1 aromatic carbocycles. The van der Waals surface area contributed by atoms with Crippen LogP contribution in [0.3, 0.4) is 0 Å². The van der Waals surface area contributed by atoms with Crippen LogP contribution in [0.1, 0.15) is 5.56 Å². The largest absolute Gasteiger partial charge is 0.490 e. The van der Waals surface area contributed by atoms with E-state index < -0.39 is 0 Å². The van der Waals surface area contributed by atoms with E-state index in [4.69, 9.17) is 22.1 Å². The Morgan fingerprint density at radius 3 is 2.94 bits per heavy atom. The minimum absolute atomic E-state index is 0.531. The van der Waals surface area contributed by atoms with E-state index in [-0.39, 0.29) is 0 Å². The van der Waals surface area contributed by atoms with E-state index in [2.05, 4.69) is 5.10 Å². The lowest BCUT2D eigenvalue weighted by Gasteiger charge is -2.12. The lowest BCUT2D eigenvalue weighted by molar-refractivity contribution is 0.289. The first kappa shape index (κ1) is 12.9. The van der Waals surface area contributed by atoms with Crippen molar-refractivity contribution in [3.63, 3.8) is 0 Å².